The molecule has 0 atom stereocenters. The number of aromatic nitrogens is 2. The molecule has 6 heteroatoms. The van der Waals surface area contributed by atoms with Crippen LogP contribution in [0.15, 0.2) is 0 Å². The highest BCUT2D eigenvalue weighted by molar-refractivity contribution is 7.09. The standard InChI is InChI=1S/C2H2ClN3S.ClH/c3-1-5-2(4)7-6-1;/h(H2,4,5,6);1H. The van der Waals surface area contributed by atoms with Gasteiger partial charge in [-0.2, -0.15) is 9.36 Å². The van der Waals surface area contributed by atoms with Gasteiger partial charge in [-0.15, -0.1) is 12.4 Å². The predicted molar refractivity (Wildman–Crippen MR) is 36.6 cm³/mol. The Balaban J connectivity index is 0.000000490. The second-order valence-corrected chi connectivity index (χ2v) is 2.02. The summed E-state index contributed by atoms with van der Waals surface area (Å²) in [5.74, 6) is 0. The summed E-state index contributed by atoms with van der Waals surface area (Å²) < 4.78 is 3.59. The minimum atomic E-state index is 0. The van der Waals surface area contributed by atoms with E-state index in [4.69, 9.17) is 17.3 Å². The van der Waals surface area contributed by atoms with Gasteiger partial charge in [0.15, 0.2) is 0 Å². The summed E-state index contributed by atoms with van der Waals surface area (Å²) in [5, 5.41) is 0.632. The van der Waals surface area contributed by atoms with Gasteiger partial charge in [-0.3, -0.25) is 0 Å². The minimum absolute atomic E-state index is 0. The van der Waals surface area contributed by atoms with Gasteiger partial charge in [0.05, 0.1) is 0 Å². The summed E-state index contributed by atoms with van der Waals surface area (Å²) in [4.78, 5) is 3.56. The SMILES string of the molecule is Cl.Nc1nc(Cl)ns1. The third kappa shape index (κ3) is 1.81. The molecule has 1 aromatic rings. The van der Waals surface area contributed by atoms with E-state index >= 15 is 0 Å². The number of hydrogen-bond acceptors (Lipinski definition) is 4. The van der Waals surface area contributed by atoms with E-state index in [9.17, 15) is 0 Å². The molecule has 1 heterocycles. The van der Waals surface area contributed by atoms with Crippen molar-refractivity contribution in [3.63, 3.8) is 0 Å². The first-order valence-electron chi connectivity index (χ1n) is 1.54. The number of anilines is 1. The molecule has 1 rings (SSSR count). The van der Waals surface area contributed by atoms with E-state index in [2.05, 4.69) is 9.36 Å². The van der Waals surface area contributed by atoms with E-state index in [1.807, 2.05) is 0 Å². The molecular weight excluding hydrogens is 169 g/mol. The summed E-state index contributed by atoms with van der Waals surface area (Å²) in [5.41, 5.74) is 5.14. The van der Waals surface area contributed by atoms with Gasteiger partial charge in [0.1, 0.15) is 0 Å². The van der Waals surface area contributed by atoms with Gasteiger partial charge in [0.25, 0.3) is 0 Å². The number of halogens is 2. The van der Waals surface area contributed by atoms with Crippen molar-refractivity contribution in [2.75, 3.05) is 5.73 Å². The molecule has 0 amide bonds. The van der Waals surface area contributed by atoms with Crippen molar-refractivity contribution in [1.29, 1.82) is 0 Å². The van der Waals surface area contributed by atoms with Crippen LogP contribution in [0.3, 0.4) is 0 Å². The lowest BCUT2D eigenvalue weighted by Gasteiger charge is -1.67. The van der Waals surface area contributed by atoms with Crippen LogP contribution < -0.4 is 5.73 Å². The van der Waals surface area contributed by atoms with Crippen molar-refractivity contribution in [3.8, 4) is 0 Å². The van der Waals surface area contributed by atoms with Crippen molar-refractivity contribution in [2.45, 2.75) is 0 Å². The molecule has 46 valence electrons. The van der Waals surface area contributed by atoms with E-state index in [0.29, 0.717) is 5.13 Å². The molecule has 0 unspecified atom stereocenters. The molecule has 8 heavy (non-hydrogen) atoms. The summed E-state index contributed by atoms with van der Waals surface area (Å²) in [6, 6.07) is 0. The predicted octanol–water partition coefficient (Wildman–Crippen LogP) is 1.20. The monoisotopic (exact) mass is 171 g/mol. The molecule has 0 saturated carbocycles. The Hall–Kier alpha value is -0.0600. The lowest BCUT2D eigenvalue weighted by atomic mass is 11.2. The molecule has 0 aliphatic heterocycles. The van der Waals surface area contributed by atoms with Crippen LogP contribution in [0.25, 0.3) is 0 Å². The highest BCUT2D eigenvalue weighted by Crippen LogP contribution is 2.08. The highest BCUT2D eigenvalue weighted by atomic mass is 35.5. The molecular formula is C2H3Cl2N3S. The van der Waals surface area contributed by atoms with E-state index in [1.54, 1.807) is 0 Å². The third-order valence-corrected chi connectivity index (χ3v) is 1.23. The number of hydrogen-bond donors (Lipinski definition) is 1. The normalized spacial score (nSPS) is 8.12. The van der Waals surface area contributed by atoms with Gasteiger partial charge in [-0.1, -0.05) is 0 Å². The van der Waals surface area contributed by atoms with Crippen LogP contribution in [-0.2, 0) is 0 Å². The molecule has 0 aliphatic rings. The Morgan fingerprint density at radius 1 is 1.62 bits per heavy atom. The summed E-state index contributed by atoms with van der Waals surface area (Å²) >= 11 is 6.36. The van der Waals surface area contributed by atoms with E-state index in [-0.39, 0.29) is 17.7 Å². The van der Waals surface area contributed by atoms with Crippen LogP contribution in [-0.4, -0.2) is 9.36 Å². The fourth-order valence-corrected chi connectivity index (χ4v) is 0.798. The molecule has 0 aliphatic carbocycles. The van der Waals surface area contributed by atoms with Crippen LogP contribution in [0.2, 0.25) is 5.28 Å². The Bertz CT molecular complexity index is 148. The summed E-state index contributed by atoms with van der Waals surface area (Å²) in [6.45, 7) is 0. The fourth-order valence-electron chi connectivity index (χ4n) is 0.216. The lowest BCUT2D eigenvalue weighted by Crippen LogP contribution is -1.78. The Labute approximate surface area is 61.4 Å². The first-order valence-corrected chi connectivity index (χ1v) is 2.69. The van der Waals surface area contributed by atoms with Crippen LogP contribution in [0.5, 0.6) is 0 Å². The van der Waals surface area contributed by atoms with Crippen molar-refractivity contribution in [2.24, 2.45) is 0 Å². The van der Waals surface area contributed by atoms with Crippen LogP contribution in [0, 0.1) is 0 Å². The van der Waals surface area contributed by atoms with Crippen LogP contribution in [0.1, 0.15) is 0 Å². The first kappa shape index (κ1) is 7.94. The number of nitrogen functional groups attached to an aromatic ring is 1. The molecule has 0 saturated heterocycles. The van der Waals surface area contributed by atoms with Crippen molar-refractivity contribution in [3.05, 3.63) is 5.28 Å². The molecule has 1 aromatic heterocycles. The van der Waals surface area contributed by atoms with Crippen LogP contribution >= 0.6 is 35.5 Å². The zero-order valence-electron chi connectivity index (χ0n) is 3.67. The van der Waals surface area contributed by atoms with Gasteiger partial charge < -0.3 is 5.73 Å². The first-order chi connectivity index (χ1) is 3.29. The van der Waals surface area contributed by atoms with Gasteiger partial charge in [0.2, 0.25) is 10.4 Å². The molecule has 0 fully saturated rings. The maximum Gasteiger partial charge on any atom is 0.236 e. The molecule has 0 spiro atoms. The molecule has 0 bridgehead atoms. The summed E-state index contributed by atoms with van der Waals surface area (Å²) in [7, 11) is 0. The minimum Gasteiger partial charge on any atom is -0.374 e. The average molecular weight is 172 g/mol. The Morgan fingerprint density at radius 3 is 2.38 bits per heavy atom. The van der Waals surface area contributed by atoms with Gasteiger partial charge >= 0.3 is 0 Å². The zero-order chi connectivity index (χ0) is 5.28. The Kier molecular flexibility index (Phi) is 3.04. The molecule has 0 radical (unpaired) electrons. The quantitative estimate of drug-likeness (QED) is 0.639. The fraction of sp³-hybridized carbons (Fsp3) is 0. The van der Waals surface area contributed by atoms with E-state index < -0.39 is 0 Å². The lowest BCUT2D eigenvalue weighted by molar-refractivity contribution is 1.33. The van der Waals surface area contributed by atoms with Gasteiger partial charge in [-0.05, 0) is 11.6 Å². The number of nitrogens with zero attached hydrogens (tertiary/aromatic N) is 2. The van der Waals surface area contributed by atoms with Crippen LogP contribution in [0.4, 0.5) is 5.13 Å². The third-order valence-electron chi connectivity index (χ3n) is 0.417. The molecule has 0 aromatic carbocycles. The molecule has 3 nitrogen and oxygen atoms in total. The smallest absolute Gasteiger partial charge is 0.236 e. The molecule has 2 N–H and O–H groups in total. The number of rotatable bonds is 0. The maximum absolute atomic E-state index is 5.27. The van der Waals surface area contributed by atoms with Crippen molar-refractivity contribution in [1.82, 2.24) is 9.36 Å². The zero-order valence-corrected chi connectivity index (χ0v) is 6.06. The van der Waals surface area contributed by atoms with Gasteiger partial charge in [-0.25, -0.2) is 0 Å². The number of nitrogens with two attached hydrogens (primary N) is 1. The van der Waals surface area contributed by atoms with E-state index in [1.165, 1.54) is 0 Å². The van der Waals surface area contributed by atoms with Crippen molar-refractivity contribution >= 4 is 40.7 Å². The Morgan fingerprint density at radius 2 is 2.25 bits per heavy atom. The average Bonchev–Trinajstić information content (AvgIpc) is 1.87. The second-order valence-electron chi connectivity index (χ2n) is 0.902. The topological polar surface area (TPSA) is 51.8 Å². The van der Waals surface area contributed by atoms with Gasteiger partial charge in [0, 0.05) is 11.5 Å². The second kappa shape index (κ2) is 3.06. The largest absolute Gasteiger partial charge is 0.374 e. The van der Waals surface area contributed by atoms with Crippen molar-refractivity contribution < 1.29 is 0 Å². The maximum atomic E-state index is 5.27. The van der Waals surface area contributed by atoms with E-state index in [0.717, 1.165) is 11.5 Å². The summed E-state index contributed by atoms with van der Waals surface area (Å²) in [6.07, 6.45) is 0. The highest BCUT2D eigenvalue weighted by Gasteiger charge is 1.91.